The molecular formula is C18H26N4O4S. The van der Waals surface area contributed by atoms with Crippen molar-refractivity contribution in [2.24, 2.45) is 7.05 Å². The number of rotatable bonds is 6. The monoisotopic (exact) mass is 394 g/mol. The zero-order valence-electron chi connectivity index (χ0n) is 16.2. The lowest BCUT2D eigenvalue weighted by Crippen LogP contribution is -2.28. The maximum absolute atomic E-state index is 12.7. The van der Waals surface area contributed by atoms with Crippen molar-refractivity contribution in [1.29, 1.82) is 0 Å². The summed E-state index contributed by atoms with van der Waals surface area (Å²) in [5, 5.41) is 7.15. The van der Waals surface area contributed by atoms with Crippen LogP contribution >= 0.6 is 0 Å². The molecule has 3 rings (SSSR count). The topological polar surface area (TPSA) is 97.4 Å². The number of hydrogen-bond donors (Lipinski definition) is 1. The minimum Gasteiger partial charge on any atom is -0.455 e. The Kier molecular flexibility index (Phi) is 5.43. The van der Waals surface area contributed by atoms with Gasteiger partial charge in [0.15, 0.2) is 5.76 Å². The third-order valence-electron chi connectivity index (χ3n) is 5.10. The van der Waals surface area contributed by atoms with E-state index >= 15 is 0 Å². The Balaban J connectivity index is 1.67. The fourth-order valence-electron chi connectivity index (χ4n) is 3.47. The Morgan fingerprint density at radius 3 is 2.52 bits per heavy atom. The molecule has 1 aliphatic heterocycles. The van der Waals surface area contributed by atoms with Crippen molar-refractivity contribution in [2.45, 2.75) is 44.9 Å². The van der Waals surface area contributed by atoms with Crippen LogP contribution in [0.1, 0.15) is 46.1 Å². The molecule has 0 radical (unpaired) electrons. The minimum atomic E-state index is -3.61. The van der Waals surface area contributed by atoms with Crippen molar-refractivity contribution in [2.75, 3.05) is 19.6 Å². The average molecular weight is 394 g/mol. The van der Waals surface area contributed by atoms with Crippen LogP contribution in [-0.4, -0.2) is 48.0 Å². The largest absolute Gasteiger partial charge is 0.455 e. The van der Waals surface area contributed by atoms with E-state index in [9.17, 15) is 13.2 Å². The number of furan rings is 1. The molecule has 1 saturated heterocycles. The highest BCUT2D eigenvalue weighted by molar-refractivity contribution is 7.89. The highest BCUT2D eigenvalue weighted by Crippen LogP contribution is 2.26. The first-order valence-electron chi connectivity index (χ1n) is 9.09. The van der Waals surface area contributed by atoms with Gasteiger partial charge < -0.3 is 9.73 Å². The molecule has 0 unspecified atom stereocenters. The van der Waals surface area contributed by atoms with Crippen LogP contribution in [0.3, 0.4) is 0 Å². The highest BCUT2D eigenvalue weighted by Gasteiger charge is 2.31. The quantitative estimate of drug-likeness (QED) is 0.804. The number of aryl methyl sites for hydroxylation is 3. The Morgan fingerprint density at radius 1 is 1.26 bits per heavy atom. The van der Waals surface area contributed by atoms with Gasteiger partial charge in [-0.15, -0.1) is 0 Å². The normalized spacial score (nSPS) is 15.4. The lowest BCUT2D eigenvalue weighted by atomic mass is 10.1. The van der Waals surface area contributed by atoms with Gasteiger partial charge in [-0.2, -0.15) is 9.40 Å². The summed E-state index contributed by atoms with van der Waals surface area (Å²) in [5.41, 5.74) is 3.11. The van der Waals surface area contributed by atoms with Crippen molar-refractivity contribution < 1.29 is 17.6 Å². The number of nitrogens with one attached hydrogen (secondary N) is 1. The van der Waals surface area contributed by atoms with Gasteiger partial charge in [0.05, 0.1) is 5.69 Å². The van der Waals surface area contributed by atoms with E-state index in [2.05, 4.69) is 10.4 Å². The smallest absolute Gasteiger partial charge is 0.287 e. The van der Waals surface area contributed by atoms with E-state index in [0.717, 1.165) is 29.8 Å². The fourth-order valence-corrected chi connectivity index (χ4v) is 5.15. The Labute approximate surface area is 159 Å². The Bertz CT molecular complexity index is 952. The zero-order chi connectivity index (χ0) is 19.8. The maximum atomic E-state index is 12.7. The summed E-state index contributed by atoms with van der Waals surface area (Å²) in [7, 11) is -1.72. The van der Waals surface area contributed by atoms with Crippen LogP contribution in [0.15, 0.2) is 15.4 Å². The molecule has 2 aromatic heterocycles. The zero-order valence-corrected chi connectivity index (χ0v) is 17.0. The van der Waals surface area contributed by atoms with Crippen molar-refractivity contribution >= 4 is 15.9 Å². The average Bonchev–Trinajstić information content (AvgIpc) is 3.31. The van der Waals surface area contributed by atoms with Crippen LogP contribution < -0.4 is 5.32 Å². The number of sulfonamides is 1. The predicted octanol–water partition coefficient (Wildman–Crippen LogP) is 1.70. The van der Waals surface area contributed by atoms with Gasteiger partial charge in [-0.05, 0) is 45.6 Å². The van der Waals surface area contributed by atoms with E-state index in [-0.39, 0.29) is 16.4 Å². The van der Waals surface area contributed by atoms with Crippen molar-refractivity contribution in [3.63, 3.8) is 0 Å². The highest BCUT2D eigenvalue weighted by atomic mass is 32.2. The van der Waals surface area contributed by atoms with Crippen molar-refractivity contribution in [1.82, 2.24) is 19.4 Å². The van der Waals surface area contributed by atoms with E-state index < -0.39 is 15.9 Å². The molecule has 0 bridgehead atoms. The predicted molar refractivity (Wildman–Crippen MR) is 100 cm³/mol. The maximum Gasteiger partial charge on any atom is 0.287 e. The lowest BCUT2D eigenvalue weighted by Gasteiger charge is -2.14. The molecule has 8 nitrogen and oxygen atoms in total. The van der Waals surface area contributed by atoms with Crippen LogP contribution in [0.4, 0.5) is 0 Å². The van der Waals surface area contributed by atoms with Crippen LogP contribution in [0.25, 0.3) is 0 Å². The molecule has 27 heavy (non-hydrogen) atoms. The standard InChI is InChI=1S/C18H26N4O4S/c1-12-15(13(2)21(4)20-12)7-8-19-18(23)16-11-17(14(3)26-16)27(24,25)22-9-5-6-10-22/h11H,5-10H2,1-4H3,(H,19,23). The third-order valence-corrected chi connectivity index (χ3v) is 7.10. The van der Waals surface area contributed by atoms with Crippen LogP contribution in [0.5, 0.6) is 0 Å². The molecule has 0 aliphatic carbocycles. The minimum absolute atomic E-state index is 0.0184. The second kappa shape index (κ2) is 7.47. The molecule has 0 aromatic carbocycles. The molecule has 3 heterocycles. The van der Waals surface area contributed by atoms with Crippen LogP contribution in [-0.2, 0) is 23.5 Å². The molecule has 0 saturated carbocycles. The molecule has 148 valence electrons. The molecule has 2 aromatic rings. The summed E-state index contributed by atoms with van der Waals surface area (Å²) >= 11 is 0. The van der Waals surface area contributed by atoms with Gasteiger partial charge in [0.2, 0.25) is 10.0 Å². The second-order valence-electron chi connectivity index (χ2n) is 6.92. The van der Waals surface area contributed by atoms with Gasteiger partial charge in [0.25, 0.3) is 5.91 Å². The first-order chi connectivity index (χ1) is 12.7. The molecule has 9 heteroatoms. The van der Waals surface area contributed by atoms with E-state index in [4.69, 9.17) is 4.42 Å². The van der Waals surface area contributed by atoms with Crippen molar-refractivity contribution in [3.8, 4) is 0 Å². The number of carbonyl (C=O) groups is 1. The van der Waals surface area contributed by atoms with E-state index in [1.165, 1.54) is 10.4 Å². The molecule has 1 N–H and O–H groups in total. The summed E-state index contributed by atoms with van der Waals surface area (Å²) in [6.45, 7) is 6.94. The number of aromatic nitrogens is 2. The first-order valence-corrected chi connectivity index (χ1v) is 10.5. The van der Waals surface area contributed by atoms with Gasteiger partial charge in [0.1, 0.15) is 10.7 Å². The summed E-state index contributed by atoms with van der Waals surface area (Å²) in [4.78, 5) is 12.5. The van der Waals surface area contributed by atoms with Crippen molar-refractivity contribution in [3.05, 3.63) is 34.5 Å². The fraction of sp³-hybridized carbons (Fsp3) is 0.556. The number of carbonyl (C=O) groups excluding carboxylic acids is 1. The van der Waals surface area contributed by atoms with Gasteiger partial charge in [-0.25, -0.2) is 8.42 Å². The van der Waals surface area contributed by atoms with Crippen LogP contribution in [0.2, 0.25) is 0 Å². The molecule has 1 fully saturated rings. The Hall–Kier alpha value is -2.13. The first kappa shape index (κ1) is 19.6. The summed E-state index contributed by atoms with van der Waals surface area (Å²) in [6.07, 6.45) is 2.36. The molecule has 1 aliphatic rings. The van der Waals surface area contributed by atoms with E-state index in [1.807, 2.05) is 25.6 Å². The van der Waals surface area contributed by atoms with Gasteiger partial charge in [-0.3, -0.25) is 9.48 Å². The van der Waals surface area contributed by atoms with E-state index in [1.54, 1.807) is 6.92 Å². The van der Waals surface area contributed by atoms with Gasteiger partial charge >= 0.3 is 0 Å². The van der Waals surface area contributed by atoms with Gasteiger partial charge in [-0.1, -0.05) is 0 Å². The molecule has 0 spiro atoms. The molecule has 0 atom stereocenters. The summed E-state index contributed by atoms with van der Waals surface area (Å²) < 4.78 is 34.1. The molecular weight excluding hydrogens is 368 g/mol. The third kappa shape index (κ3) is 3.79. The Morgan fingerprint density at radius 2 is 1.93 bits per heavy atom. The SMILES string of the molecule is Cc1nn(C)c(C)c1CCNC(=O)c1cc(S(=O)(=O)N2CCCC2)c(C)o1. The number of hydrogen-bond acceptors (Lipinski definition) is 5. The van der Waals surface area contributed by atoms with Gasteiger partial charge in [0, 0.05) is 38.4 Å². The number of amides is 1. The van der Waals surface area contributed by atoms with E-state index in [0.29, 0.717) is 26.1 Å². The summed E-state index contributed by atoms with van der Waals surface area (Å²) in [5.74, 6) is -0.156. The second-order valence-corrected chi connectivity index (χ2v) is 8.83. The number of nitrogens with zero attached hydrogens (tertiary/aromatic N) is 3. The molecule has 1 amide bonds. The lowest BCUT2D eigenvalue weighted by molar-refractivity contribution is 0.0925. The summed E-state index contributed by atoms with van der Waals surface area (Å²) in [6, 6.07) is 1.33. The van der Waals surface area contributed by atoms with Crippen LogP contribution in [0, 0.1) is 20.8 Å².